The van der Waals surface area contributed by atoms with Crippen molar-refractivity contribution in [2.45, 2.75) is 13.0 Å². The molecule has 1 unspecified atom stereocenters. The van der Waals surface area contributed by atoms with E-state index in [2.05, 4.69) is 0 Å². The normalized spacial score (nSPS) is 15.6. The van der Waals surface area contributed by atoms with Crippen molar-refractivity contribution in [1.82, 2.24) is 9.80 Å². The molecule has 3 N–H and O–H groups in total. The van der Waals surface area contributed by atoms with E-state index < -0.39 is 6.04 Å². The molecule has 6 nitrogen and oxygen atoms in total. The molecule has 1 heterocycles. The van der Waals surface area contributed by atoms with Crippen molar-refractivity contribution in [3.63, 3.8) is 0 Å². The van der Waals surface area contributed by atoms with Crippen molar-refractivity contribution in [3.8, 4) is 5.75 Å². The fourth-order valence-electron chi connectivity index (χ4n) is 3.07. The molecule has 0 radical (unpaired) electrons. The quantitative estimate of drug-likeness (QED) is 0.879. The Hall–Kier alpha value is -2.86. The standard InChI is InChI=1S/C20H23N3O3/c1-14-6-8-15(9-7-14)18(21)20(26)23-12-10-22(11-13-23)19(25)16-4-2-3-5-17(16)24/h2-9,18,24H,10-13,21H2,1H3. The lowest BCUT2D eigenvalue weighted by atomic mass is 10.0. The van der Waals surface area contributed by atoms with Crippen LogP contribution < -0.4 is 5.73 Å². The number of rotatable bonds is 3. The Labute approximate surface area is 152 Å². The van der Waals surface area contributed by atoms with E-state index in [4.69, 9.17) is 5.73 Å². The number of phenolic OH excluding ortho intramolecular Hbond substituents is 1. The van der Waals surface area contributed by atoms with Gasteiger partial charge < -0.3 is 20.6 Å². The van der Waals surface area contributed by atoms with Gasteiger partial charge in [0.1, 0.15) is 11.8 Å². The molecule has 2 amide bonds. The van der Waals surface area contributed by atoms with Crippen molar-refractivity contribution in [2.24, 2.45) is 5.73 Å². The summed E-state index contributed by atoms with van der Waals surface area (Å²) in [4.78, 5) is 28.5. The van der Waals surface area contributed by atoms with E-state index in [9.17, 15) is 14.7 Å². The van der Waals surface area contributed by atoms with Crippen molar-refractivity contribution < 1.29 is 14.7 Å². The summed E-state index contributed by atoms with van der Waals surface area (Å²) in [5.41, 5.74) is 8.30. The number of piperazine rings is 1. The molecule has 3 rings (SSSR count). The summed E-state index contributed by atoms with van der Waals surface area (Å²) in [5, 5.41) is 9.84. The molecule has 1 fully saturated rings. The first-order chi connectivity index (χ1) is 12.5. The van der Waals surface area contributed by atoms with Crippen molar-refractivity contribution >= 4 is 11.8 Å². The Morgan fingerprint density at radius 1 is 0.962 bits per heavy atom. The predicted octanol–water partition coefficient (Wildman–Crippen LogP) is 1.69. The number of benzene rings is 2. The first-order valence-corrected chi connectivity index (χ1v) is 8.65. The van der Waals surface area contributed by atoms with E-state index in [1.165, 1.54) is 6.07 Å². The molecule has 0 spiro atoms. The highest BCUT2D eigenvalue weighted by Crippen LogP contribution is 2.20. The number of aryl methyl sites for hydroxylation is 1. The highest BCUT2D eigenvalue weighted by molar-refractivity contribution is 5.97. The third-order valence-corrected chi connectivity index (χ3v) is 4.72. The minimum atomic E-state index is -0.698. The van der Waals surface area contributed by atoms with E-state index in [1.54, 1.807) is 28.0 Å². The number of para-hydroxylation sites is 1. The second-order valence-corrected chi connectivity index (χ2v) is 6.52. The van der Waals surface area contributed by atoms with Gasteiger partial charge in [-0.25, -0.2) is 0 Å². The van der Waals surface area contributed by atoms with Crippen LogP contribution in [-0.2, 0) is 4.79 Å². The summed E-state index contributed by atoms with van der Waals surface area (Å²) < 4.78 is 0. The summed E-state index contributed by atoms with van der Waals surface area (Å²) in [6, 6.07) is 13.4. The van der Waals surface area contributed by atoms with Gasteiger partial charge in [0.25, 0.3) is 5.91 Å². The maximum absolute atomic E-state index is 12.6. The van der Waals surface area contributed by atoms with Crippen LogP contribution in [0.1, 0.15) is 27.5 Å². The summed E-state index contributed by atoms with van der Waals surface area (Å²) in [6.07, 6.45) is 0. The minimum Gasteiger partial charge on any atom is -0.507 e. The van der Waals surface area contributed by atoms with E-state index in [0.29, 0.717) is 26.2 Å². The number of amides is 2. The zero-order valence-corrected chi connectivity index (χ0v) is 14.8. The van der Waals surface area contributed by atoms with E-state index in [1.807, 2.05) is 31.2 Å². The lowest BCUT2D eigenvalue weighted by molar-refractivity contribution is -0.134. The molecule has 2 aromatic carbocycles. The van der Waals surface area contributed by atoms with Crippen molar-refractivity contribution in [3.05, 3.63) is 65.2 Å². The molecule has 1 atom stereocenters. The van der Waals surface area contributed by atoms with Crippen LogP contribution in [0, 0.1) is 6.92 Å². The molecule has 1 saturated heterocycles. The lowest BCUT2D eigenvalue weighted by Gasteiger charge is -2.36. The number of hydrogen-bond acceptors (Lipinski definition) is 4. The average Bonchev–Trinajstić information content (AvgIpc) is 2.67. The fourth-order valence-corrected chi connectivity index (χ4v) is 3.07. The van der Waals surface area contributed by atoms with Crippen LogP contribution in [-0.4, -0.2) is 52.9 Å². The summed E-state index contributed by atoms with van der Waals surface area (Å²) >= 11 is 0. The van der Waals surface area contributed by atoms with Gasteiger partial charge in [0.05, 0.1) is 5.56 Å². The van der Waals surface area contributed by atoms with Gasteiger partial charge in [0, 0.05) is 26.2 Å². The van der Waals surface area contributed by atoms with E-state index in [-0.39, 0.29) is 23.1 Å². The highest BCUT2D eigenvalue weighted by Gasteiger charge is 2.28. The second-order valence-electron chi connectivity index (χ2n) is 6.52. The topological polar surface area (TPSA) is 86.9 Å². The molecule has 0 bridgehead atoms. The van der Waals surface area contributed by atoms with Crippen LogP contribution in [0.15, 0.2) is 48.5 Å². The van der Waals surface area contributed by atoms with Crippen LogP contribution in [0.4, 0.5) is 0 Å². The average molecular weight is 353 g/mol. The molecule has 2 aromatic rings. The number of nitrogens with two attached hydrogens (primary N) is 1. The Bertz CT molecular complexity index is 796. The van der Waals surface area contributed by atoms with Crippen LogP contribution in [0.5, 0.6) is 5.75 Å². The summed E-state index contributed by atoms with van der Waals surface area (Å²) in [7, 11) is 0. The van der Waals surface area contributed by atoms with Crippen LogP contribution in [0.2, 0.25) is 0 Å². The molecule has 136 valence electrons. The maximum Gasteiger partial charge on any atom is 0.257 e. The summed E-state index contributed by atoms with van der Waals surface area (Å²) in [5.74, 6) is -0.390. The van der Waals surface area contributed by atoms with Gasteiger partial charge in [0.15, 0.2) is 0 Å². The Morgan fingerprint density at radius 3 is 2.15 bits per heavy atom. The van der Waals surface area contributed by atoms with Crippen molar-refractivity contribution in [1.29, 1.82) is 0 Å². The van der Waals surface area contributed by atoms with Crippen LogP contribution >= 0.6 is 0 Å². The molecule has 0 saturated carbocycles. The highest BCUT2D eigenvalue weighted by atomic mass is 16.3. The number of nitrogens with zero attached hydrogens (tertiary/aromatic N) is 2. The number of aromatic hydroxyl groups is 1. The molecule has 6 heteroatoms. The van der Waals surface area contributed by atoms with Crippen LogP contribution in [0.25, 0.3) is 0 Å². The molecular weight excluding hydrogens is 330 g/mol. The smallest absolute Gasteiger partial charge is 0.257 e. The van der Waals surface area contributed by atoms with Gasteiger partial charge >= 0.3 is 0 Å². The minimum absolute atomic E-state index is 0.0302. The van der Waals surface area contributed by atoms with Crippen molar-refractivity contribution in [2.75, 3.05) is 26.2 Å². The molecule has 0 aromatic heterocycles. The molecular formula is C20H23N3O3. The Kier molecular flexibility index (Phi) is 5.23. The first kappa shape index (κ1) is 17.9. The first-order valence-electron chi connectivity index (χ1n) is 8.65. The Balaban J connectivity index is 1.61. The second kappa shape index (κ2) is 7.58. The zero-order valence-electron chi connectivity index (χ0n) is 14.8. The predicted molar refractivity (Wildman–Crippen MR) is 98.7 cm³/mol. The zero-order chi connectivity index (χ0) is 18.7. The number of hydrogen-bond donors (Lipinski definition) is 2. The monoisotopic (exact) mass is 353 g/mol. The van der Waals surface area contributed by atoms with Gasteiger partial charge in [0.2, 0.25) is 5.91 Å². The fraction of sp³-hybridized carbons (Fsp3) is 0.300. The third kappa shape index (κ3) is 3.70. The van der Waals surface area contributed by atoms with Gasteiger partial charge in [-0.2, -0.15) is 0 Å². The van der Waals surface area contributed by atoms with E-state index >= 15 is 0 Å². The van der Waals surface area contributed by atoms with Gasteiger partial charge in [-0.3, -0.25) is 9.59 Å². The van der Waals surface area contributed by atoms with Gasteiger partial charge in [-0.15, -0.1) is 0 Å². The number of carbonyl (C=O) groups is 2. The Morgan fingerprint density at radius 2 is 1.54 bits per heavy atom. The number of phenols is 1. The SMILES string of the molecule is Cc1ccc(C(N)C(=O)N2CCN(C(=O)c3ccccc3O)CC2)cc1. The van der Waals surface area contributed by atoms with Gasteiger partial charge in [-0.1, -0.05) is 42.0 Å². The van der Waals surface area contributed by atoms with Gasteiger partial charge in [-0.05, 0) is 24.6 Å². The van der Waals surface area contributed by atoms with Crippen LogP contribution in [0.3, 0.4) is 0 Å². The molecule has 1 aliphatic rings. The third-order valence-electron chi connectivity index (χ3n) is 4.72. The summed E-state index contributed by atoms with van der Waals surface area (Å²) in [6.45, 7) is 3.67. The maximum atomic E-state index is 12.6. The molecule has 1 aliphatic heterocycles. The van der Waals surface area contributed by atoms with E-state index in [0.717, 1.165) is 11.1 Å². The molecule has 0 aliphatic carbocycles. The lowest BCUT2D eigenvalue weighted by Crippen LogP contribution is -2.52. The largest absolute Gasteiger partial charge is 0.507 e. The molecule has 26 heavy (non-hydrogen) atoms. The number of carbonyl (C=O) groups excluding carboxylic acids is 2.